The van der Waals surface area contributed by atoms with Gasteiger partial charge in [0.05, 0.1) is 23.8 Å². The maximum absolute atomic E-state index is 5.57. The number of aryl methyl sites for hydroxylation is 1. The quantitative estimate of drug-likeness (QED) is 0.559. The average Bonchev–Trinajstić information content (AvgIpc) is 2.81. The van der Waals surface area contributed by atoms with Gasteiger partial charge in [-0.3, -0.25) is 15.8 Å². The summed E-state index contributed by atoms with van der Waals surface area (Å²) in [4.78, 5) is 8.26. The summed E-state index contributed by atoms with van der Waals surface area (Å²) in [6.45, 7) is 2.88. The Morgan fingerprint density at radius 3 is 2.94 bits per heavy atom. The molecule has 3 N–H and O–H groups in total. The Hall–Kier alpha value is -1.86. The normalized spacial score (nSPS) is 12.6. The zero-order chi connectivity index (χ0) is 12.1. The highest BCUT2D eigenvalue weighted by molar-refractivity contribution is 5.16. The highest BCUT2D eigenvalue weighted by atomic mass is 15.4. The van der Waals surface area contributed by atoms with Crippen LogP contribution in [-0.2, 0) is 6.54 Å². The van der Waals surface area contributed by atoms with Gasteiger partial charge in [-0.1, -0.05) is 12.1 Å². The van der Waals surface area contributed by atoms with E-state index in [0.29, 0.717) is 0 Å². The van der Waals surface area contributed by atoms with Crippen LogP contribution in [0.25, 0.3) is 0 Å². The highest BCUT2D eigenvalue weighted by Gasteiger charge is 2.18. The molecular formula is C10H15N7. The van der Waals surface area contributed by atoms with E-state index in [0.717, 1.165) is 24.4 Å². The molecule has 0 spiro atoms. The van der Waals surface area contributed by atoms with Crippen LogP contribution in [0.1, 0.15) is 30.8 Å². The summed E-state index contributed by atoms with van der Waals surface area (Å²) in [5, 5.41) is 7.93. The molecule has 90 valence electrons. The molecule has 0 aromatic carbocycles. The first-order valence-electron chi connectivity index (χ1n) is 5.47. The van der Waals surface area contributed by atoms with Crippen molar-refractivity contribution in [1.82, 2.24) is 30.4 Å². The minimum atomic E-state index is -0.245. The highest BCUT2D eigenvalue weighted by Crippen LogP contribution is 2.17. The summed E-state index contributed by atoms with van der Waals surface area (Å²) in [5.74, 6) is 5.57. The van der Waals surface area contributed by atoms with Crippen LogP contribution in [0.5, 0.6) is 0 Å². The first kappa shape index (κ1) is 11.6. The summed E-state index contributed by atoms with van der Waals surface area (Å²) in [5.41, 5.74) is 4.35. The van der Waals surface area contributed by atoms with Crippen molar-refractivity contribution < 1.29 is 0 Å². The molecule has 0 radical (unpaired) electrons. The van der Waals surface area contributed by atoms with Gasteiger partial charge in [-0.15, -0.1) is 5.10 Å². The van der Waals surface area contributed by atoms with Crippen LogP contribution in [0.2, 0.25) is 0 Å². The van der Waals surface area contributed by atoms with Crippen molar-refractivity contribution in [2.45, 2.75) is 25.9 Å². The Morgan fingerprint density at radius 2 is 2.29 bits per heavy atom. The number of nitrogens with zero attached hydrogens (tertiary/aromatic N) is 5. The number of hydrogen-bond acceptors (Lipinski definition) is 6. The minimum absolute atomic E-state index is 0.245. The number of aromatic nitrogens is 5. The fraction of sp³-hybridized carbons (Fsp3) is 0.400. The van der Waals surface area contributed by atoms with Crippen molar-refractivity contribution in [2.24, 2.45) is 5.84 Å². The Labute approximate surface area is 99.0 Å². The van der Waals surface area contributed by atoms with E-state index < -0.39 is 0 Å². The molecular weight excluding hydrogens is 218 g/mol. The van der Waals surface area contributed by atoms with E-state index >= 15 is 0 Å². The van der Waals surface area contributed by atoms with Crippen LogP contribution in [-0.4, -0.2) is 25.0 Å². The molecule has 0 fully saturated rings. The largest absolute Gasteiger partial charge is 0.270 e. The molecule has 1 unspecified atom stereocenters. The molecule has 0 aliphatic carbocycles. The first-order valence-corrected chi connectivity index (χ1v) is 5.47. The molecule has 0 saturated heterocycles. The van der Waals surface area contributed by atoms with Crippen LogP contribution >= 0.6 is 0 Å². The zero-order valence-corrected chi connectivity index (χ0v) is 9.61. The molecule has 2 aromatic heterocycles. The van der Waals surface area contributed by atoms with Crippen molar-refractivity contribution >= 4 is 0 Å². The first-order chi connectivity index (χ1) is 8.36. The van der Waals surface area contributed by atoms with Crippen molar-refractivity contribution in [3.8, 4) is 0 Å². The van der Waals surface area contributed by atoms with Crippen molar-refractivity contribution in [2.75, 3.05) is 0 Å². The van der Waals surface area contributed by atoms with Crippen LogP contribution in [0.4, 0.5) is 0 Å². The van der Waals surface area contributed by atoms with E-state index in [1.165, 1.54) is 0 Å². The molecule has 0 bridgehead atoms. The lowest BCUT2D eigenvalue weighted by atomic mass is 10.1. The topological polar surface area (TPSA) is 94.5 Å². The second-order valence-corrected chi connectivity index (χ2v) is 3.61. The summed E-state index contributed by atoms with van der Waals surface area (Å²) in [6.07, 6.45) is 7.60. The molecule has 0 aliphatic rings. The monoisotopic (exact) mass is 233 g/mol. The van der Waals surface area contributed by atoms with E-state index in [2.05, 4.69) is 32.6 Å². The van der Waals surface area contributed by atoms with Gasteiger partial charge in [0.15, 0.2) is 0 Å². The summed E-state index contributed by atoms with van der Waals surface area (Å²) in [7, 11) is 0. The van der Waals surface area contributed by atoms with Crippen molar-refractivity contribution in [1.29, 1.82) is 0 Å². The maximum atomic E-state index is 5.57. The fourth-order valence-electron chi connectivity index (χ4n) is 1.66. The average molecular weight is 233 g/mol. The molecule has 0 aliphatic heterocycles. The van der Waals surface area contributed by atoms with Gasteiger partial charge < -0.3 is 0 Å². The predicted molar refractivity (Wildman–Crippen MR) is 61.5 cm³/mol. The fourth-order valence-corrected chi connectivity index (χ4v) is 1.66. The number of hydrazine groups is 1. The third kappa shape index (κ3) is 2.45. The molecule has 2 aromatic rings. The van der Waals surface area contributed by atoms with Gasteiger partial charge in [0.1, 0.15) is 6.04 Å². The second kappa shape index (κ2) is 5.46. The number of nitrogens with one attached hydrogen (secondary N) is 1. The third-order valence-corrected chi connectivity index (χ3v) is 2.42. The Morgan fingerprint density at radius 1 is 1.41 bits per heavy atom. The number of rotatable bonds is 5. The molecule has 7 nitrogen and oxygen atoms in total. The van der Waals surface area contributed by atoms with E-state index in [-0.39, 0.29) is 6.04 Å². The van der Waals surface area contributed by atoms with Gasteiger partial charge in [0, 0.05) is 18.9 Å². The summed E-state index contributed by atoms with van der Waals surface area (Å²) >= 11 is 0. The number of nitrogens with two attached hydrogens (primary N) is 1. The van der Waals surface area contributed by atoms with Gasteiger partial charge in [0.2, 0.25) is 0 Å². The van der Waals surface area contributed by atoms with Crippen LogP contribution in [0, 0.1) is 0 Å². The van der Waals surface area contributed by atoms with E-state index in [1.807, 2.05) is 4.68 Å². The second-order valence-electron chi connectivity index (χ2n) is 3.61. The molecule has 0 amide bonds. The van der Waals surface area contributed by atoms with E-state index in [1.54, 1.807) is 24.8 Å². The SMILES string of the molecule is CCCn1nncc1C(NN)c1cnccn1. The summed E-state index contributed by atoms with van der Waals surface area (Å²) < 4.78 is 1.82. The molecule has 17 heavy (non-hydrogen) atoms. The standard InChI is InChI=1S/C10H15N7/c1-2-5-17-9(7-14-16-17)10(15-11)8-6-12-3-4-13-8/h3-4,6-7,10,15H,2,5,11H2,1H3. The van der Waals surface area contributed by atoms with Crippen LogP contribution in [0.15, 0.2) is 24.8 Å². The van der Waals surface area contributed by atoms with Crippen molar-refractivity contribution in [3.63, 3.8) is 0 Å². The minimum Gasteiger partial charge on any atom is -0.270 e. The van der Waals surface area contributed by atoms with Crippen LogP contribution < -0.4 is 11.3 Å². The van der Waals surface area contributed by atoms with Crippen molar-refractivity contribution in [3.05, 3.63) is 36.2 Å². The molecule has 2 rings (SSSR count). The predicted octanol–water partition coefficient (Wildman–Crippen LogP) is 0.0308. The smallest absolute Gasteiger partial charge is 0.108 e. The number of hydrogen-bond donors (Lipinski definition) is 2. The van der Waals surface area contributed by atoms with Gasteiger partial charge in [-0.2, -0.15) is 0 Å². The third-order valence-electron chi connectivity index (χ3n) is 2.42. The lowest BCUT2D eigenvalue weighted by Gasteiger charge is -2.15. The Bertz CT molecular complexity index is 453. The van der Waals surface area contributed by atoms with E-state index in [9.17, 15) is 0 Å². The lowest BCUT2D eigenvalue weighted by molar-refractivity contribution is 0.506. The lowest BCUT2D eigenvalue weighted by Crippen LogP contribution is -2.31. The zero-order valence-electron chi connectivity index (χ0n) is 9.61. The molecule has 7 heteroatoms. The molecule has 0 saturated carbocycles. The maximum Gasteiger partial charge on any atom is 0.108 e. The summed E-state index contributed by atoms with van der Waals surface area (Å²) in [6, 6.07) is -0.245. The Balaban J connectivity index is 2.32. The van der Waals surface area contributed by atoms with Gasteiger partial charge >= 0.3 is 0 Å². The van der Waals surface area contributed by atoms with Gasteiger partial charge in [-0.05, 0) is 6.42 Å². The van der Waals surface area contributed by atoms with Gasteiger partial charge in [0.25, 0.3) is 0 Å². The Kier molecular flexibility index (Phi) is 3.73. The molecule has 1 atom stereocenters. The van der Waals surface area contributed by atoms with Gasteiger partial charge in [-0.25, -0.2) is 10.1 Å². The van der Waals surface area contributed by atoms with Crippen LogP contribution in [0.3, 0.4) is 0 Å². The van der Waals surface area contributed by atoms with E-state index in [4.69, 9.17) is 5.84 Å². The molecule has 2 heterocycles.